The summed E-state index contributed by atoms with van der Waals surface area (Å²) < 4.78 is 14.5. The molecule has 7 heteroatoms. The zero-order valence-corrected chi connectivity index (χ0v) is 13.0. The summed E-state index contributed by atoms with van der Waals surface area (Å²) in [5, 5.41) is 11.7. The molecule has 0 bridgehead atoms. The van der Waals surface area contributed by atoms with Gasteiger partial charge in [-0.2, -0.15) is 5.26 Å². The highest BCUT2D eigenvalue weighted by molar-refractivity contribution is 5.75. The molecule has 24 heavy (non-hydrogen) atoms. The minimum Gasteiger partial charge on any atom is -0.355 e. The van der Waals surface area contributed by atoms with Crippen molar-refractivity contribution in [2.45, 2.75) is 13.0 Å². The zero-order valence-electron chi connectivity index (χ0n) is 13.0. The quantitative estimate of drug-likeness (QED) is 0.825. The summed E-state index contributed by atoms with van der Waals surface area (Å²) >= 11 is 0. The van der Waals surface area contributed by atoms with Gasteiger partial charge >= 0.3 is 0 Å². The molecule has 2 rings (SSSR count). The Hall–Kier alpha value is -2.98. The first-order valence-corrected chi connectivity index (χ1v) is 7.43. The van der Waals surface area contributed by atoms with Crippen LogP contribution in [0.15, 0.2) is 41.2 Å². The number of carbonyl (C=O) groups is 1. The molecule has 1 aromatic heterocycles. The molecule has 0 unspecified atom stereocenters. The van der Waals surface area contributed by atoms with Crippen LogP contribution < -0.4 is 16.6 Å². The molecule has 0 fully saturated rings. The number of rotatable bonds is 6. The van der Waals surface area contributed by atoms with Gasteiger partial charge in [-0.1, -0.05) is 0 Å². The molecule has 2 aromatic rings. The fourth-order valence-corrected chi connectivity index (χ4v) is 2.27. The molecule has 0 aliphatic heterocycles. The highest BCUT2D eigenvalue weighted by Gasteiger charge is 2.12. The van der Waals surface area contributed by atoms with Crippen molar-refractivity contribution in [2.24, 2.45) is 5.73 Å². The maximum atomic E-state index is 13.1. The Bertz CT molecular complexity index is 822. The number of aromatic nitrogens is 1. The molecule has 0 spiro atoms. The Labute approximate surface area is 138 Å². The second-order valence-electron chi connectivity index (χ2n) is 5.10. The first kappa shape index (κ1) is 17.4. The molecule has 0 saturated heterocycles. The first-order valence-electron chi connectivity index (χ1n) is 7.43. The SMILES string of the molecule is N#Cc1ccc(-c2ccc(F)cc2)n(CCC(=O)NCCN)c1=O. The summed E-state index contributed by atoms with van der Waals surface area (Å²) in [6.07, 6.45) is 0.0724. The molecular weight excluding hydrogens is 311 g/mol. The lowest BCUT2D eigenvalue weighted by molar-refractivity contribution is -0.121. The molecule has 0 aliphatic rings. The fourth-order valence-electron chi connectivity index (χ4n) is 2.27. The Kier molecular flexibility index (Phi) is 5.82. The highest BCUT2D eigenvalue weighted by atomic mass is 19.1. The second-order valence-corrected chi connectivity index (χ2v) is 5.10. The number of nitriles is 1. The summed E-state index contributed by atoms with van der Waals surface area (Å²) in [6, 6.07) is 10.5. The van der Waals surface area contributed by atoms with E-state index in [1.54, 1.807) is 18.2 Å². The van der Waals surface area contributed by atoms with Crippen LogP contribution in [0.4, 0.5) is 4.39 Å². The van der Waals surface area contributed by atoms with E-state index in [2.05, 4.69) is 5.32 Å². The van der Waals surface area contributed by atoms with E-state index >= 15 is 0 Å². The molecule has 0 atom stereocenters. The summed E-state index contributed by atoms with van der Waals surface area (Å²) in [5.41, 5.74) is 5.97. The zero-order chi connectivity index (χ0) is 17.5. The number of halogens is 1. The van der Waals surface area contributed by atoms with E-state index in [0.717, 1.165) is 0 Å². The largest absolute Gasteiger partial charge is 0.355 e. The van der Waals surface area contributed by atoms with E-state index in [9.17, 15) is 14.0 Å². The van der Waals surface area contributed by atoms with Crippen LogP contribution in [-0.2, 0) is 11.3 Å². The smallest absolute Gasteiger partial charge is 0.268 e. The Morgan fingerprint density at radius 1 is 1.25 bits per heavy atom. The van der Waals surface area contributed by atoms with Crippen molar-refractivity contribution in [3.63, 3.8) is 0 Å². The van der Waals surface area contributed by atoms with Crippen molar-refractivity contribution in [2.75, 3.05) is 13.1 Å². The van der Waals surface area contributed by atoms with Gasteiger partial charge < -0.3 is 15.6 Å². The highest BCUT2D eigenvalue weighted by Crippen LogP contribution is 2.19. The van der Waals surface area contributed by atoms with Gasteiger partial charge in [-0.3, -0.25) is 9.59 Å². The molecule has 3 N–H and O–H groups in total. The minimum absolute atomic E-state index is 0.0109. The number of amides is 1. The normalized spacial score (nSPS) is 10.2. The van der Waals surface area contributed by atoms with Crippen LogP contribution in [0.2, 0.25) is 0 Å². The number of hydrogen-bond acceptors (Lipinski definition) is 4. The summed E-state index contributed by atoms with van der Waals surface area (Å²) in [6.45, 7) is 0.796. The number of nitrogens with one attached hydrogen (secondary N) is 1. The predicted octanol–water partition coefficient (Wildman–Crippen LogP) is 0.991. The summed E-state index contributed by atoms with van der Waals surface area (Å²) in [7, 11) is 0. The van der Waals surface area contributed by atoms with E-state index in [1.807, 2.05) is 6.07 Å². The van der Waals surface area contributed by atoms with E-state index in [4.69, 9.17) is 11.0 Å². The van der Waals surface area contributed by atoms with Crippen LogP contribution in [-0.4, -0.2) is 23.6 Å². The standard InChI is InChI=1S/C17H17FN4O2/c18-14-4-1-12(2-5-14)15-6-3-13(11-20)17(24)22(15)10-7-16(23)21-9-8-19/h1-6H,7-10,19H2,(H,21,23). The van der Waals surface area contributed by atoms with E-state index in [0.29, 0.717) is 24.3 Å². The van der Waals surface area contributed by atoms with Crippen LogP contribution >= 0.6 is 0 Å². The number of benzene rings is 1. The number of nitrogens with zero attached hydrogens (tertiary/aromatic N) is 2. The average Bonchev–Trinajstić information content (AvgIpc) is 2.59. The van der Waals surface area contributed by atoms with Gasteiger partial charge in [0.25, 0.3) is 5.56 Å². The van der Waals surface area contributed by atoms with Gasteiger partial charge in [0.15, 0.2) is 0 Å². The van der Waals surface area contributed by atoms with Crippen molar-refractivity contribution in [1.82, 2.24) is 9.88 Å². The number of nitrogens with two attached hydrogens (primary N) is 1. The van der Waals surface area contributed by atoms with Gasteiger partial charge in [-0.25, -0.2) is 4.39 Å². The minimum atomic E-state index is -0.481. The monoisotopic (exact) mass is 328 g/mol. The van der Waals surface area contributed by atoms with Crippen molar-refractivity contribution in [3.8, 4) is 17.3 Å². The molecule has 1 aromatic carbocycles. The molecule has 0 radical (unpaired) electrons. The Morgan fingerprint density at radius 3 is 2.58 bits per heavy atom. The summed E-state index contributed by atoms with van der Waals surface area (Å²) in [5.74, 6) is -0.623. The topological polar surface area (TPSA) is 101 Å². The van der Waals surface area contributed by atoms with E-state index in [1.165, 1.54) is 22.8 Å². The van der Waals surface area contributed by atoms with E-state index < -0.39 is 5.56 Å². The lowest BCUT2D eigenvalue weighted by Crippen LogP contribution is -2.31. The van der Waals surface area contributed by atoms with Crippen molar-refractivity contribution < 1.29 is 9.18 Å². The molecule has 124 valence electrons. The number of pyridine rings is 1. The maximum Gasteiger partial charge on any atom is 0.268 e. The van der Waals surface area contributed by atoms with Gasteiger partial charge in [0.2, 0.25) is 5.91 Å². The van der Waals surface area contributed by atoms with Crippen molar-refractivity contribution in [1.29, 1.82) is 5.26 Å². The summed E-state index contributed by atoms with van der Waals surface area (Å²) in [4.78, 5) is 24.1. The lowest BCUT2D eigenvalue weighted by Gasteiger charge is -2.13. The van der Waals surface area contributed by atoms with Crippen LogP contribution in [0.25, 0.3) is 11.3 Å². The number of hydrogen-bond donors (Lipinski definition) is 2. The second kappa shape index (κ2) is 8.04. The van der Waals surface area contributed by atoms with Crippen molar-refractivity contribution >= 4 is 5.91 Å². The lowest BCUT2D eigenvalue weighted by atomic mass is 10.1. The van der Waals surface area contributed by atoms with E-state index in [-0.39, 0.29) is 30.3 Å². The molecular formula is C17H17FN4O2. The predicted molar refractivity (Wildman–Crippen MR) is 87.5 cm³/mol. The van der Waals surface area contributed by atoms with Crippen LogP contribution in [0.1, 0.15) is 12.0 Å². The third-order valence-corrected chi connectivity index (χ3v) is 3.46. The fraction of sp³-hybridized carbons (Fsp3) is 0.235. The third-order valence-electron chi connectivity index (χ3n) is 3.46. The first-order chi connectivity index (χ1) is 11.6. The van der Waals surface area contributed by atoms with Crippen LogP contribution in [0, 0.1) is 17.1 Å². The maximum absolute atomic E-state index is 13.1. The molecule has 1 amide bonds. The van der Waals surface area contributed by atoms with Crippen LogP contribution in [0.5, 0.6) is 0 Å². The molecule has 0 aliphatic carbocycles. The van der Waals surface area contributed by atoms with Crippen LogP contribution in [0.3, 0.4) is 0 Å². The van der Waals surface area contributed by atoms with Gasteiger partial charge in [0.05, 0.1) is 5.69 Å². The third kappa shape index (κ3) is 4.06. The molecule has 1 heterocycles. The number of carbonyl (C=O) groups excluding carboxylic acids is 1. The molecule has 0 saturated carbocycles. The van der Waals surface area contributed by atoms with Gasteiger partial charge in [-0.05, 0) is 42.0 Å². The molecule has 6 nitrogen and oxygen atoms in total. The van der Waals surface area contributed by atoms with Gasteiger partial charge in [-0.15, -0.1) is 0 Å². The van der Waals surface area contributed by atoms with Crippen molar-refractivity contribution in [3.05, 3.63) is 58.1 Å². The average molecular weight is 328 g/mol. The Balaban J connectivity index is 2.36. The van der Waals surface area contributed by atoms with Gasteiger partial charge in [0.1, 0.15) is 17.4 Å². The Morgan fingerprint density at radius 2 is 1.96 bits per heavy atom. The van der Waals surface area contributed by atoms with Gasteiger partial charge in [0, 0.05) is 26.1 Å².